The summed E-state index contributed by atoms with van der Waals surface area (Å²) in [5.74, 6) is -0.147. The van der Waals surface area contributed by atoms with E-state index in [1.54, 1.807) is 6.07 Å². The number of hydrogen-bond donors (Lipinski definition) is 1. The molecule has 0 bridgehead atoms. The van der Waals surface area contributed by atoms with E-state index < -0.39 is 0 Å². The summed E-state index contributed by atoms with van der Waals surface area (Å²) in [5, 5.41) is 3.26. The Hall–Kier alpha value is -1.05. The van der Waals surface area contributed by atoms with E-state index in [1.807, 2.05) is 19.1 Å². The number of anilines is 1. The van der Waals surface area contributed by atoms with Crippen molar-refractivity contribution < 1.29 is 4.39 Å². The Balaban J connectivity index is 2.10. The van der Waals surface area contributed by atoms with E-state index in [0.29, 0.717) is 17.1 Å². The van der Waals surface area contributed by atoms with Crippen molar-refractivity contribution in [2.75, 3.05) is 5.32 Å². The summed E-state index contributed by atoms with van der Waals surface area (Å²) >= 11 is 0. The van der Waals surface area contributed by atoms with Crippen molar-refractivity contribution in [2.45, 2.75) is 39.7 Å². The monoisotopic (exact) mass is 207 g/mol. The highest BCUT2D eigenvalue weighted by Gasteiger charge is 2.42. The maximum atomic E-state index is 13.6. The Labute approximate surface area is 90.7 Å². The van der Waals surface area contributed by atoms with E-state index in [-0.39, 0.29) is 5.82 Å². The lowest BCUT2D eigenvalue weighted by molar-refractivity contribution is 0.490. The normalized spacial score (nSPS) is 19.7. The fraction of sp³-hybridized carbons (Fsp3) is 0.538. The van der Waals surface area contributed by atoms with E-state index in [4.69, 9.17) is 0 Å². The molecule has 1 unspecified atom stereocenters. The average Bonchev–Trinajstić information content (AvgIpc) is 2.90. The van der Waals surface area contributed by atoms with Crippen molar-refractivity contribution in [3.63, 3.8) is 0 Å². The molecule has 1 N–H and O–H groups in total. The van der Waals surface area contributed by atoms with Crippen LogP contribution in [-0.2, 0) is 0 Å². The van der Waals surface area contributed by atoms with Crippen LogP contribution in [0.2, 0.25) is 0 Å². The Kier molecular flexibility index (Phi) is 2.45. The largest absolute Gasteiger partial charge is 0.380 e. The molecule has 2 rings (SSSR count). The molecular formula is C13H18FN. The summed E-state index contributed by atoms with van der Waals surface area (Å²) in [7, 11) is 0. The smallest absolute Gasteiger partial charge is 0.146 e. The molecule has 2 heteroatoms. The van der Waals surface area contributed by atoms with Gasteiger partial charge in [0.05, 0.1) is 5.69 Å². The summed E-state index contributed by atoms with van der Waals surface area (Å²) in [6.45, 7) is 6.28. The molecule has 0 spiro atoms. The second-order valence-corrected chi connectivity index (χ2v) is 5.00. The zero-order valence-electron chi connectivity index (χ0n) is 9.60. The molecule has 15 heavy (non-hydrogen) atoms. The van der Waals surface area contributed by atoms with Crippen LogP contribution < -0.4 is 5.32 Å². The number of nitrogens with one attached hydrogen (secondary N) is 1. The molecule has 0 radical (unpaired) electrons. The molecule has 1 fully saturated rings. The summed E-state index contributed by atoms with van der Waals surface area (Å²) in [4.78, 5) is 0. The van der Waals surface area contributed by atoms with Gasteiger partial charge in [0.15, 0.2) is 0 Å². The molecule has 1 aromatic rings. The van der Waals surface area contributed by atoms with Gasteiger partial charge < -0.3 is 5.32 Å². The van der Waals surface area contributed by atoms with Crippen LogP contribution >= 0.6 is 0 Å². The van der Waals surface area contributed by atoms with E-state index in [0.717, 1.165) is 5.56 Å². The lowest BCUT2D eigenvalue weighted by Crippen LogP contribution is -2.25. The maximum absolute atomic E-state index is 13.6. The van der Waals surface area contributed by atoms with Gasteiger partial charge in [0.1, 0.15) is 5.82 Å². The van der Waals surface area contributed by atoms with Crippen molar-refractivity contribution >= 4 is 5.69 Å². The Morgan fingerprint density at radius 1 is 1.40 bits per heavy atom. The van der Waals surface area contributed by atoms with Crippen molar-refractivity contribution in [3.8, 4) is 0 Å². The summed E-state index contributed by atoms with van der Waals surface area (Å²) in [6.07, 6.45) is 2.49. The van der Waals surface area contributed by atoms with Crippen LogP contribution in [0.4, 0.5) is 10.1 Å². The predicted octanol–water partition coefficient (Wildman–Crippen LogP) is 3.73. The third-order valence-electron chi connectivity index (χ3n) is 3.58. The zero-order valence-corrected chi connectivity index (χ0v) is 9.60. The SMILES string of the molecule is Cc1ccc(NC(C)C2(C)CC2)c(F)c1. The highest BCUT2D eigenvalue weighted by Crippen LogP contribution is 2.48. The lowest BCUT2D eigenvalue weighted by Gasteiger charge is -2.22. The fourth-order valence-electron chi connectivity index (χ4n) is 1.77. The molecule has 1 aromatic carbocycles. The number of benzene rings is 1. The number of halogens is 1. The van der Waals surface area contributed by atoms with Crippen LogP contribution in [0, 0.1) is 18.2 Å². The van der Waals surface area contributed by atoms with Gasteiger partial charge in [-0.15, -0.1) is 0 Å². The molecule has 0 aliphatic heterocycles. The molecule has 0 amide bonds. The van der Waals surface area contributed by atoms with Gasteiger partial charge in [-0.1, -0.05) is 13.0 Å². The van der Waals surface area contributed by atoms with Gasteiger partial charge in [-0.3, -0.25) is 0 Å². The molecule has 1 aliphatic carbocycles. The second-order valence-electron chi connectivity index (χ2n) is 5.00. The summed E-state index contributed by atoms with van der Waals surface area (Å²) in [5.41, 5.74) is 1.96. The van der Waals surface area contributed by atoms with Crippen LogP contribution in [0.5, 0.6) is 0 Å². The first-order valence-electron chi connectivity index (χ1n) is 5.54. The van der Waals surface area contributed by atoms with Crippen molar-refractivity contribution in [2.24, 2.45) is 5.41 Å². The van der Waals surface area contributed by atoms with Gasteiger partial charge in [-0.05, 0) is 49.8 Å². The average molecular weight is 207 g/mol. The van der Waals surface area contributed by atoms with Crippen LogP contribution in [-0.4, -0.2) is 6.04 Å². The Bertz CT molecular complexity index is 369. The molecule has 1 saturated carbocycles. The number of rotatable bonds is 3. The molecule has 0 aromatic heterocycles. The van der Waals surface area contributed by atoms with Gasteiger partial charge in [-0.25, -0.2) is 4.39 Å². The van der Waals surface area contributed by atoms with Gasteiger partial charge >= 0.3 is 0 Å². The minimum atomic E-state index is -0.147. The van der Waals surface area contributed by atoms with Crippen LogP contribution in [0.1, 0.15) is 32.3 Å². The highest BCUT2D eigenvalue weighted by molar-refractivity contribution is 5.47. The first kappa shape index (κ1) is 10.5. The van der Waals surface area contributed by atoms with Gasteiger partial charge in [0.25, 0.3) is 0 Å². The maximum Gasteiger partial charge on any atom is 0.146 e. The molecule has 0 heterocycles. The molecule has 1 nitrogen and oxygen atoms in total. The van der Waals surface area contributed by atoms with Gasteiger partial charge in [0.2, 0.25) is 0 Å². The summed E-state index contributed by atoms with van der Waals surface area (Å²) < 4.78 is 13.6. The third kappa shape index (κ3) is 2.14. The molecule has 0 saturated heterocycles. The van der Waals surface area contributed by atoms with E-state index in [2.05, 4.69) is 19.2 Å². The van der Waals surface area contributed by atoms with Crippen molar-refractivity contribution in [1.29, 1.82) is 0 Å². The quantitative estimate of drug-likeness (QED) is 0.796. The standard InChI is InChI=1S/C13H18FN/c1-9-4-5-12(11(14)8-9)15-10(2)13(3)6-7-13/h4-5,8,10,15H,6-7H2,1-3H3. The molecule has 1 aliphatic rings. The first-order valence-corrected chi connectivity index (χ1v) is 5.54. The van der Waals surface area contributed by atoms with E-state index in [1.165, 1.54) is 12.8 Å². The van der Waals surface area contributed by atoms with Gasteiger partial charge in [0, 0.05) is 6.04 Å². The molecule has 82 valence electrons. The molecular weight excluding hydrogens is 189 g/mol. The Morgan fingerprint density at radius 2 is 2.07 bits per heavy atom. The third-order valence-corrected chi connectivity index (χ3v) is 3.58. The lowest BCUT2D eigenvalue weighted by atomic mass is 10.0. The van der Waals surface area contributed by atoms with Crippen LogP contribution in [0.25, 0.3) is 0 Å². The number of aryl methyl sites for hydroxylation is 1. The fourth-order valence-corrected chi connectivity index (χ4v) is 1.77. The van der Waals surface area contributed by atoms with Crippen molar-refractivity contribution in [3.05, 3.63) is 29.6 Å². The first-order chi connectivity index (χ1) is 7.01. The summed E-state index contributed by atoms with van der Waals surface area (Å²) in [6, 6.07) is 5.68. The predicted molar refractivity (Wildman–Crippen MR) is 61.6 cm³/mol. The minimum absolute atomic E-state index is 0.147. The van der Waals surface area contributed by atoms with E-state index >= 15 is 0 Å². The van der Waals surface area contributed by atoms with Crippen molar-refractivity contribution in [1.82, 2.24) is 0 Å². The minimum Gasteiger partial charge on any atom is -0.380 e. The zero-order chi connectivity index (χ0) is 11.1. The Morgan fingerprint density at radius 3 is 2.60 bits per heavy atom. The topological polar surface area (TPSA) is 12.0 Å². The van der Waals surface area contributed by atoms with Gasteiger partial charge in [-0.2, -0.15) is 0 Å². The molecule has 1 atom stereocenters. The van der Waals surface area contributed by atoms with Crippen LogP contribution in [0.3, 0.4) is 0 Å². The second kappa shape index (κ2) is 3.51. The van der Waals surface area contributed by atoms with Crippen LogP contribution in [0.15, 0.2) is 18.2 Å². The number of hydrogen-bond acceptors (Lipinski definition) is 1. The van der Waals surface area contributed by atoms with E-state index in [9.17, 15) is 4.39 Å². The highest BCUT2D eigenvalue weighted by atomic mass is 19.1.